The maximum absolute atomic E-state index is 8.78. The van der Waals surface area contributed by atoms with E-state index in [1.54, 1.807) is 24.2 Å². The zero-order chi connectivity index (χ0) is 13.7. The smallest absolute Gasteiger partial charge is 0.119 e. The Labute approximate surface area is 116 Å². The van der Waals surface area contributed by atoms with Gasteiger partial charge in [0.2, 0.25) is 0 Å². The maximum atomic E-state index is 8.78. The largest absolute Gasteiger partial charge is 0.497 e. The van der Waals surface area contributed by atoms with Gasteiger partial charge >= 0.3 is 0 Å². The average molecular weight is 277 g/mol. The van der Waals surface area contributed by atoms with Crippen molar-refractivity contribution in [3.63, 3.8) is 0 Å². The third kappa shape index (κ3) is 3.50. The predicted octanol–water partition coefficient (Wildman–Crippen LogP) is 1.94. The molecule has 1 aromatic heterocycles. The van der Waals surface area contributed by atoms with Gasteiger partial charge in [-0.2, -0.15) is 5.10 Å². The second-order valence-corrected chi connectivity index (χ2v) is 4.28. The van der Waals surface area contributed by atoms with Crippen LogP contribution in [-0.4, -0.2) is 28.6 Å². The summed E-state index contributed by atoms with van der Waals surface area (Å²) in [6.45, 7) is 0.373. The molecule has 5 heteroatoms. The third-order valence-electron chi connectivity index (χ3n) is 2.55. The molecular formula is C14H13ClN2O2. The summed E-state index contributed by atoms with van der Waals surface area (Å²) in [7, 11) is 1.61. The molecule has 2 aromatic rings. The molecule has 1 heterocycles. The van der Waals surface area contributed by atoms with Gasteiger partial charge in [0.1, 0.15) is 12.4 Å². The molecule has 0 saturated carbocycles. The molecule has 0 spiro atoms. The molecule has 0 aliphatic carbocycles. The van der Waals surface area contributed by atoms with Crippen molar-refractivity contribution in [2.24, 2.45) is 0 Å². The van der Waals surface area contributed by atoms with Crippen molar-refractivity contribution in [2.45, 2.75) is 6.54 Å². The number of hydrogen-bond donors (Lipinski definition) is 1. The Balaban J connectivity index is 2.34. The van der Waals surface area contributed by atoms with Gasteiger partial charge in [-0.25, -0.2) is 0 Å². The van der Waals surface area contributed by atoms with Crippen LogP contribution >= 0.6 is 11.6 Å². The lowest BCUT2D eigenvalue weighted by Crippen LogP contribution is -2.02. The van der Waals surface area contributed by atoms with Gasteiger partial charge < -0.3 is 9.84 Å². The van der Waals surface area contributed by atoms with Crippen LogP contribution in [0, 0.1) is 11.8 Å². The summed E-state index contributed by atoms with van der Waals surface area (Å²) in [6, 6.07) is 5.60. The Bertz CT molecular complexity index is 626. The molecule has 0 radical (unpaired) electrons. The molecular weight excluding hydrogens is 264 g/mol. The van der Waals surface area contributed by atoms with Gasteiger partial charge in [0.25, 0.3) is 0 Å². The van der Waals surface area contributed by atoms with Gasteiger partial charge in [-0.3, -0.25) is 4.68 Å². The summed E-state index contributed by atoms with van der Waals surface area (Å²) < 4.78 is 6.93. The standard InChI is InChI=1S/C14H13ClN2O2/c1-19-14-5-4-11(3-2-6-18)12(7-14)9-17-10-13(15)8-16-17/h4-5,7-8,10,18H,6,9H2,1H3. The molecule has 0 fully saturated rings. The van der Waals surface area contributed by atoms with E-state index < -0.39 is 0 Å². The summed E-state index contributed by atoms with van der Waals surface area (Å²) >= 11 is 5.84. The molecule has 1 aromatic carbocycles. The number of rotatable bonds is 3. The van der Waals surface area contributed by atoms with E-state index in [2.05, 4.69) is 16.9 Å². The number of ether oxygens (including phenoxy) is 1. The van der Waals surface area contributed by atoms with Crippen molar-refractivity contribution in [2.75, 3.05) is 13.7 Å². The molecule has 0 amide bonds. The van der Waals surface area contributed by atoms with Crippen LogP contribution < -0.4 is 4.74 Å². The summed E-state index contributed by atoms with van der Waals surface area (Å²) in [6.07, 6.45) is 3.32. The first kappa shape index (κ1) is 13.5. The Morgan fingerprint density at radius 1 is 1.47 bits per heavy atom. The van der Waals surface area contributed by atoms with Crippen LogP contribution in [0.15, 0.2) is 30.6 Å². The van der Waals surface area contributed by atoms with Crippen LogP contribution in [0.1, 0.15) is 11.1 Å². The molecule has 0 unspecified atom stereocenters. The first-order valence-electron chi connectivity index (χ1n) is 5.67. The topological polar surface area (TPSA) is 47.3 Å². The van der Waals surface area contributed by atoms with Crippen molar-refractivity contribution in [3.05, 3.63) is 46.7 Å². The van der Waals surface area contributed by atoms with Gasteiger partial charge in [0.15, 0.2) is 0 Å². The van der Waals surface area contributed by atoms with E-state index in [1.165, 1.54) is 0 Å². The number of hydrogen-bond acceptors (Lipinski definition) is 3. The quantitative estimate of drug-likeness (QED) is 0.872. The summed E-state index contributed by atoms with van der Waals surface area (Å²) in [5.41, 5.74) is 1.79. The van der Waals surface area contributed by atoms with Crippen molar-refractivity contribution >= 4 is 11.6 Å². The van der Waals surface area contributed by atoms with E-state index in [4.69, 9.17) is 21.4 Å². The molecule has 1 N–H and O–H groups in total. The van der Waals surface area contributed by atoms with Crippen molar-refractivity contribution in [3.8, 4) is 17.6 Å². The Morgan fingerprint density at radius 3 is 2.95 bits per heavy atom. The minimum Gasteiger partial charge on any atom is -0.497 e. The van der Waals surface area contributed by atoms with E-state index in [9.17, 15) is 0 Å². The number of methoxy groups -OCH3 is 1. The SMILES string of the molecule is COc1ccc(C#CCO)c(Cn2cc(Cl)cn2)c1. The molecule has 4 nitrogen and oxygen atoms in total. The molecule has 0 bridgehead atoms. The van der Waals surface area contributed by atoms with E-state index >= 15 is 0 Å². The van der Waals surface area contributed by atoms with Crippen molar-refractivity contribution in [1.29, 1.82) is 0 Å². The third-order valence-corrected chi connectivity index (χ3v) is 2.74. The van der Waals surface area contributed by atoms with Crippen molar-refractivity contribution in [1.82, 2.24) is 9.78 Å². The Morgan fingerprint density at radius 2 is 2.32 bits per heavy atom. The highest BCUT2D eigenvalue weighted by molar-refractivity contribution is 6.30. The lowest BCUT2D eigenvalue weighted by Gasteiger charge is -2.08. The van der Waals surface area contributed by atoms with Crippen LogP contribution in [0.2, 0.25) is 5.02 Å². The Kier molecular flexibility index (Phi) is 4.45. The summed E-state index contributed by atoms with van der Waals surface area (Å²) in [5, 5.41) is 13.5. The highest BCUT2D eigenvalue weighted by Gasteiger charge is 2.05. The molecule has 2 rings (SSSR count). The van der Waals surface area contributed by atoms with Gasteiger partial charge in [0.05, 0.1) is 24.9 Å². The van der Waals surface area contributed by atoms with Gasteiger partial charge in [0, 0.05) is 11.8 Å². The first-order chi connectivity index (χ1) is 9.22. The predicted molar refractivity (Wildman–Crippen MR) is 73.3 cm³/mol. The number of nitrogens with zero attached hydrogens (tertiary/aromatic N) is 2. The van der Waals surface area contributed by atoms with Crippen LogP contribution in [0.5, 0.6) is 5.75 Å². The lowest BCUT2D eigenvalue weighted by atomic mass is 10.1. The van der Waals surface area contributed by atoms with Crippen LogP contribution in [0.25, 0.3) is 0 Å². The maximum Gasteiger partial charge on any atom is 0.119 e. The fourth-order valence-corrected chi connectivity index (χ4v) is 1.84. The number of halogens is 1. The average Bonchev–Trinajstić information content (AvgIpc) is 2.82. The highest BCUT2D eigenvalue weighted by Crippen LogP contribution is 2.18. The summed E-state index contributed by atoms with van der Waals surface area (Å²) in [4.78, 5) is 0. The second kappa shape index (κ2) is 6.28. The fourth-order valence-electron chi connectivity index (χ4n) is 1.68. The summed E-state index contributed by atoms with van der Waals surface area (Å²) in [5.74, 6) is 6.31. The minimum absolute atomic E-state index is 0.168. The minimum atomic E-state index is -0.168. The van der Waals surface area contributed by atoms with Gasteiger partial charge in [-0.1, -0.05) is 23.4 Å². The fraction of sp³-hybridized carbons (Fsp3) is 0.214. The monoisotopic (exact) mass is 276 g/mol. The van der Waals surface area contributed by atoms with Crippen LogP contribution in [0.4, 0.5) is 0 Å². The molecule has 0 aliphatic heterocycles. The van der Waals surface area contributed by atoms with Crippen LogP contribution in [-0.2, 0) is 6.54 Å². The zero-order valence-electron chi connectivity index (χ0n) is 10.4. The molecule has 0 saturated heterocycles. The van der Waals surface area contributed by atoms with Crippen molar-refractivity contribution < 1.29 is 9.84 Å². The number of benzene rings is 1. The number of aliphatic hydroxyl groups is 1. The molecule has 19 heavy (non-hydrogen) atoms. The second-order valence-electron chi connectivity index (χ2n) is 3.84. The lowest BCUT2D eigenvalue weighted by molar-refractivity contribution is 0.350. The van der Waals surface area contributed by atoms with E-state index in [-0.39, 0.29) is 6.61 Å². The highest BCUT2D eigenvalue weighted by atomic mass is 35.5. The molecule has 0 atom stereocenters. The van der Waals surface area contributed by atoms with E-state index in [0.29, 0.717) is 11.6 Å². The van der Waals surface area contributed by atoms with Crippen LogP contribution in [0.3, 0.4) is 0 Å². The Hall–Kier alpha value is -1.96. The zero-order valence-corrected chi connectivity index (χ0v) is 11.2. The first-order valence-corrected chi connectivity index (χ1v) is 6.05. The molecule has 0 aliphatic rings. The van der Waals surface area contributed by atoms with Gasteiger partial charge in [-0.15, -0.1) is 0 Å². The van der Waals surface area contributed by atoms with E-state index in [1.807, 2.05) is 18.2 Å². The van der Waals surface area contributed by atoms with E-state index in [0.717, 1.165) is 16.9 Å². The number of aromatic nitrogens is 2. The molecule has 98 valence electrons. The van der Waals surface area contributed by atoms with Gasteiger partial charge in [-0.05, 0) is 23.8 Å². The normalized spacial score (nSPS) is 9.84. The number of aliphatic hydroxyl groups excluding tert-OH is 1.